The molecule has 0 heterocycles. The molecule has 2 aromatic rings. The molecule has 0 bridgehead atoms. The molecule has 2 N–H and O–H groups in total. The van der Waals surface area contributed by atoms with Gasteiger partial charge in [-0.05, 0) is 23.3 Å². The standard InChI is InChI=1S/C16H14O4S/c17-15(18)13-7-3-1-5-11(13)9-21-10-12-6-2-4-8-14(12)16(19)20/h1-8H,9-10H2,(H,17,18)(H,19,20). The zero-order valence-corrected chi connectivity index (χ0v) is 12.0. The van der Waals surface area contributed by atoms with E-state index in [-0.39, 0.29) is 11.1 Å². The molecule has 0 atom stereocenters. The topological polar surface area (TPSA) is 74.6 Å². The minimum Gasteiger partial charge on any atom is -0.478 e. The van der Waals surface area contributed by atoms with Crippen molar-refractivity contribution in [1.82, 2.24) is 0 Å². The smallest absolute Gasteiger partial charge is 0.335 e. The van der Waals surface area contributed by atoms with Crippen LogP contribution in [-0.2, 0) is 11.5 Å². The van der Waals surface area contributed by atoms with Crippen LogP contribution in [0.3, 0.4) is 0 Å². The number of hydrogen-bond acceptors (Lipinski definition) is 3. The molecule has 0 aliphatic carbocycles. The number of rotatable bonds is 6. The van der Waals surface area contributed by atoms with Crippen LogP contribution in [0, 0.1) is 0 Å². The van der Waals surface area contributed by atoms with E-state index >= 15 is 0 Å². The Kier molecular flexibility index (Phi) is 5.00. The second-order valence-electron chi connectivity index (χ2n) is 4.42. The number of thioether (sulfide) groups is 1. The normalized spacial score (nSPS) is 10.3. The minimum atomic E-state index is -0.947. The summed E-state index contributed by atoms with van der Waals surface area (Å²) in [6, 6.07) is 13.7. The molecule has 0 aromatic heterocycles. The molecule has 4 nitrogen and oxygen atoms in total. The second kappa shape index (κ2) is 6.95. The predicted octanol–water partition coefficient (Wildman–Crippen LogP) is 3.52. The first-order valence-corrected chi connectivity index (χ1v) is 7.45. The van der Waals surface area contributed by atoms with Gasteiger partial charge in [-0.1, -0.05) is 36.4 Å². The highest BCUT2D eigenvalue weighted by Gasteiger charge is 2.11. The number of carboxylic acids is 2. The van der Waals surface area contributed by atoms with Crippen LogP contribution < -0.4 is 0 Å². The van der Waals surface area contributed by atoms with E-state index < -0.39 is 11.9 Å². The van der Waals surface area contributed by atoms with Crippen molar-refractivity contribution in [2.24, 2.45) is 0 Å². The zero-order chi connectivity index (χ0) is 15.2. The van der Waals surface area contributed by atoms with Gasteiger partial charge in [-0.15, -0.1) is 0 Å². The summed E-state index contributed by atoms with van der Waals surface area (Å²) >= 11 is 1.50. The average Bonchev–Trinajstić information content (AvgIpc) is 2.48. The largest absolute Gasteiger partial charge is 0.478 e. The summed E-state index contributed by atoms with van der Waals surface area (Å²) in [5.74, 6) is -0.846. The van der Waals surface area contributed by atoms with E-state index in [1.807, 2.05) is 0 Å². The van der Waals surface area contributed by atoms with Crippen LogP contribution in [0.25, 0.3) is 0 Å². The van der Waals surface area contributed by atoms with E-state index in [1.54, 1.807) is 48.5 Å². The highest BCUT2D eigenvalue weighted by Crippen LogP contribution is 2.22. The van der Waals surface area contributed by atoms with Crippen LogP contribution in [0.5, 0.6) is 0 Å². The SMILES string of the molecule is O=C(O)c1ccccc1CSCc1ccccc1C(=O)O. The highest BCUT2D eigenvalue weighted by atomic mass is 32.2. The molecule has 0 aliphatic rings. The van der Waals surface area contributed by atoms with Crippen molar-refractivity contribution < 1.29 is 19.8 Å². The molecule has 0 amide bonds. The molecule has 0 saturated heterocycles. The van der Waals surface area contributed by atoms with Gasteiger partial charge in [0.15, 0.2) is 0 Å². The first-order chi connectivity index (χ1) is 10.1. The summed E-state index contributed by atoms with van der Waals surface area (Å²) in [4.78, 5) is 22.2. The number of carboxylic acid groups (broad SMARTS) is 2. The molecular weight excluding hydrogens is 288 g/mol. The molecule has 5 heteroatoms. The third-order valence-electron chi connectivity index (χ3n) is 3.01. The summed E-state index contributed by atoms with van der Waals surface area (Å²) in [6.45, 7) is 0. The van der Waals surface area contributed by atoms with Crippen LogP contribution in [0.2, 0.25) is 0 Å². The maximum absolute atomic E-state index is 11.1. The lowest BCUT2D eigenvalue weighted by molar-refractivity contribution is 0.0685. The Morgan fingerprint density at radius 1 is 0.762 bits per heavy atom. The summed E-state index contributed by atoms with van der Waals surface area (Å²) in [7, 11) is 0. The predicted molar refractivity (Wildman–Crippen MR) is 81.8 cm³/mol. The van der Waals surface area contributed by atoms with E-state index in [1.165, 1.54) is 11.8 Å². The third kappa shape index (κ3) is 3.86. The Morgan fingerprint density at radius 2 is 1.14 bits per heavy atom. The average molecular weight is 302 g/mol. The van der Waals surface area contributed by atoms with Crippen LogP contribution in [0.1, 0.15) is 31.8 Å². The molecule has 0 saturated carbocycles. The summed E-state index contributed by atoms with van der Waals surface area (Å²) in [5.41, 5.74) is 2.05. The number of aromatic carboxylic acids is 2. The highest BCUT2D eigenvalue weighted by molar-refractivity contribution is 7.97. The molecule has 0 unspecified atom stereocenters. The van der Waals surface area contributed by atoms with Gasteiger partial charge in [0, 0.05) is 11.5 Å². The fourth-order valence-electron chi connectivity index (χ4n) is 1.98. The summed E-state index contributed by atoms with van der Waals surface area (Å²) < 4.78 is 0. The lowest BCUT2D eigenvalue weighted by atomic mass is 10.1. The molecule has 2 aromatic carbocycles. The molecule has 0 spiro atoms. The molecule has 0 aliphatic heterocycles. The van der Waals surface area contributed by atoms with Crippen molar-refractivity contribution in [2.75, 3.05) is 0 Å². The lowest BCUT2D eigenvalue weighted by Crippen LogP contribution is -2.02. The summed E-state index contributed by atoms with van der Waals surface area (Å²) in [6.07, 6.45) is 0. The minimum absolute atomic E-state index is 0.288. The van der Waals surface area contributed by atoms with Gasteiger partial charge < -0.3 is 10.2 Å². The maximum Gasteiger partial charge on any atom is 0.335 e. The Morgan fingerprint density at radius 3 is 1.52 bits per heavy atom. The fourth-order valence-corrected chi connectivity index (χ4v) is 3.03. The third-order valence-corrected chi connectivity index (χ3v) is 4.04. The number of benzene rings is 2. The van der Waals surface area contributed by atoms with Crippen molar-refractivity contribution in [3.63, 3.8) is 0 Å². The van der Waals surface area contributed by atoms with Gasteiger partial charge in [-0.25, -0.2) is 9.59 Å². The molecular formula is C16H14O4S. The van der Waals surface area contributed by atoms with Gasteiger partial charge in [0.05, 0.1) is 11.1 Å². The first kappa shape index (κ1) is 15.1. The van der Waals surface area contributed by atoms with Gasteiger partial charge in [0.2, 0.25) is 0 Å². The van der Waals surface area contributed by atoms with Gasteiger partial charge in [0.25, 0.3) is 0 Å². The van der Waals surface area contributed by atoms with Crippen LogP contribution in [0.15, 0.2) is 48.5 Å². The maximum atomic E-state index is 11.1. The lowest BCUT2D eigenvalue weighted by Gasteiger charge is -2.07. The van der Waals surface area contributed by atoms with Gasteiger partial charge in [0.1, 0.15) is 0 Å². The van der Waals surface area contributed by atoms with Crippen LogP contribution in [-0.4, -0.2) is 22.2 Å². The molecule has 21 heavy (non-hydrogen) atoms. The Balaban J connectivity index is 2.06. The van der Waals surface area contributed by atoms with E-state index in [4.69, 9.17) is 10.2 Å². The Labute approximate surface area is 126 Å². The van der Waals surface area contributed by atoms with E-state index in [0.717, 1.165) is 11.1 Å². The number of hydrogen-bond donors (Lipinski definition) is 2. The Hall–Kier alpha value is -2.27. The van der Waals surface area contributed by atoms with Gasteiger partial charge in [-0.2, -0.15) is 11.8 Å². The molecule has 0 fully saturated rings. The molecule has 0 radical (unpaired) electrons. The first-order valence-electron chi connectivity index (χ1n) is 6.29. The van der Waals surface area contributed by atoms with Crippen molar-refractivity contribution >= 4 is 23.7 Å². The van der Waals surface area contributed by atoms with Crippen molar-refractivity contribution in [2.45, 2.75) is 11.5 Å². The van der Waals surface area contributed by atoms with Crippen LogP contribution >= 0.6 is 11.8 Å². The molecule has 108 valence electrons. The monoisotopic (exact) mass is 302 g/mol. The summed E-state index contributed by atoms with van der Waals surface area (Å²) in [5, 5.41) is 18.2. The van der Waals surface area contributed by atoms with E-state index in [0.29, 0.717) is 11.5 Å². The molecule has 2 rings (SSSR count). The fraction of sp³-hybridized carbons (Fsp3) is 0.125. The second-order valence-corrected chi connectivity index (χ2v) is 5.40. The zero-order valence-electron chi connectivity index (χ0n) is 11.2. The van der Waals surface area contributed by atoms with Crippen molar-refractivity contribution in [3.05, 3.63) is 70.8 Å². The van der Waals surface area contributed by atoms with Gasteiger partial charge >= 0.3 is 11.9 Å². The van der Waals surface area contributed by atoms with Gasteiger partial charge in [-0.3, -0.25) is 0 Å². The van der Waals surface area contributed by atoms with Crippen molar-refractivity contribution in [1.29, 1.82) is 0 Å². The van der Waals surface area contributed by atoms with E-state index in [2.05, 4.69) is 0 Å². The quantitative estimate of drug-likeness (QED) is 0.854. The Bertz CT molecular complexity index is 609. The van der Waals surface area contributed by atoms with Crippen LogP contribution in [0.4, 0.5) is 0 Å². The van der Waals surface area contributed by atoms with Crippen molar-refractivity contribution in [3.8, 4) is 0 Å². The number of carbonyl (C=O) groups is 2. The van der Waals surface area contributed by atoms with E-state index in [9.17, 15) is 9.59 Å².